The first kappa shape index (κ1) is 11.7. The van der Waals surface area contributed by atoms with Gasteiger partial charge >= 0.3 is 0 Å². The monoisotopic (exact) mass is 231 g/mol. The highest BCUT2D eigenvalue weighted by Gasteiger charge is 2.07. The van der Waals surface area contributed by atoms with E-state index in [4.69, 9.17) is 22.4 Å². The molecule has 0 saturated heterocycles. The summed E-state index contributed by atoms with van der Waals surface area (Å²) in [6.45, 7) is 2.18. The Morgan fingerprint density at radius 2 is 2.29 bits per heavy atom. The number of hydrogen-bond acceptors (Lipinski definition) is 3. The maximum atomic E-state index is 8.87. The SMILES string of the molecule is CC(CO)CSc1c(N)cccc1Cl. The molecule has 3 N–H and O–H groups in total. The molecule has 2 nitrogen and oxygen atoms in total. The van der Waals surface area contributed by atoms with Crippen LogP contribution in [0.2, 0.25) is 5.02 Å². The van der Waals surface area contributed by atoms with E-state index in [1.807, 2.05) is 25.1 Å². The zero-order chi connectivity index (χ0) is 10.6. The Morgan fingerprint density at radius 3 is 2.86 bits per heavy atom. The summed E-state index contributed by atoms with van der Waals surface area (Å²) in [6, 6.07) is 5.49. The van der Waals surface area contributed by atoms with E-state index in [1.54, 1.807) is 11.8 Å². The van der Waals surface area contributed by atoms with Gasteiger partial charge in [0.05, 0.1) is 5.02 Å². The Hall–Kier alpha value is -0.380. The number of thioether (sulfide) groups is 1. The summed E-state index contributed by atoms with van der Waals surface area (Å²) < 4.78 is 0. The van der Waals surface area contributed by atoms with Crippen molar-refractivity contribution in [3.05, 3.63) is 23.2 Å². The zero-order valence-electron chi connectivity index (χ0n) is 8.03. The summed E-state index contributed by atoms with van der Waals surface area (Å²) in [5, 5.41) is 9.55. The van der Waals surface area contributed by atoms with Gasteiger partial charge in [-0.25, -0.2) is 0 Å². The van der Waals surface area contributed by atoms with Crippen LogP contribution >= 0.6 is 23.4 Å². The van der Waals surface area contributed by atoms with Gasteiger partial charge < -0.3 is 10.8 Å². The lowest BCUT2D eigenvalue weighted by atomic mass is 10.2. The van der Waals surface area contributed by atoms with Crippen LogP contribution in [0.15, 0.2) is 23.1 Å². The van der Waals surface area contributed by atoms with Crippen LogP contribution in [0.25, 0.3) is 0 Å². The van der Waals surface area contributed by atoms with Gasteiger partial charge in [0.15, 0.2) is 0 Å². The molecule has 0 heterocycles. The van der Waals surface area contributed by atoms with Crippen molar-refractivity contribution >= 4 is 29.1 Å². The van der Waals surface area contributed by atoms with Crippen LogP contribution in [-0.4, -0.2) is 17.5 Å². The van der Waals surface area contributed by atoms with Gasteiger partial charge in [-0.05, 0) is 18.1 Å². The van der Waals surface area contributed by atoms with Gasteiger partial charge in [0, 0.05) is 22.9 Å². The van der Waals surface area contributed by atoms with Gasteiger partial charge in [-0.2, -0.15) is 0 Å². The van der Waals surface area contributed by atoms with E-state index in [9.17, 15) is 0 Å². The highest BCUT2D eigenvalue weighted by molar-refractivity contribution is 7.99. The van der Waals surface area contributed by atoms with Gasteiger partial charge in [0.25, 0.3) is 0 Å². The van der Waals surface area contributed by atoms with Crippen molar-refractivity contribution in [1.29, 1.82) is 0 Å². The van der Waals surface area contributed by atoms with Crippen LogP contribution in [0.4, 0.5) is 5.69 Å². The Morgan fingerprint density at radius 1 is 1.57 bits per heavy atom. The van der Waals surface area contributed by atoms with Crippen molar-refractivity contribution in [2.75, 3.05) is 18.1 Å². The van der Waals surface area contributed by atoms with E-state index < -0.39 is 0 Å². The van der Waals surface area contributed by atoms with Crippen LogP contribution in [0.1, 0.15) is 6.92 Å². The number of halogens is 1. The van der Waals surface area contributed by atoms with Crippen molar-refractivity contribution in [3.63, 3.8) is 0 Å². The fourth-order valence-corrected chi connectivity index (χ4v) is 2.30. The highest BCUT2D eigenvalue weighted by atomic mass is 35.5. The van der Waals surface area contributed by atoms with Gasteiger partial charge in [0.2, 0.25) is 0 Å². The molecule has 0 saturated carbocycles. The van der Waals surface area contributed by atoms with E-state index >= 15 is 0 Å². The molecule has 14 heavy (non-hydrogen) atoms. The molecule has 1 rings (SSSR count). The molecule has 0 aromatic heterocycles. The maximum Gasteiger partial charge on any atom is 0.0562 e. The molecule has 1 aromatic carbocycles. The summed E-state index contributed by atoms with van der Waals surface area (Å²) in [4.78, 5) is 0.912. The number of benzene rings is 1. The Balaban J connectivity index is 2.66. The normalized spacial score (nSPS) is 12.8. The predicted molar refractivity (Wildman–Crippen MR) is 62.8 cm³/mol. The second kappa shape index (κ2) is 5.49. The van der Waals surface area contributed by atoms with E-state index in [-0.39, 0.29) is 12.5 Å². The number of nitrogens with two attached hydrogens (primary N) is 1. The van der Waals surface area contributed by atoms with Crippen molar-refractivity contribution in [2.24, 2.45) is 5.92 Å². The summed E-state index contributed by atoms with van der Waals surface area (Å²) >= 11 is 7.58. The number of anilines is 1. The van der Waals surface area contributed by atoms with Gasteiger partial charge in [-0.3, -0.25) is 0 Å². The average Bonchev–Trinajstić information content (AvgIpc) is 2.16. The summed E-state index contributed by atoms with van der Waals surface area (Å²) in [6.07, 6.45) is 0. The minimum Gasteiger partial charge on any atom is -0.398 e. The molecule has 0 bridgehead atoms. The standard InChI is InChI=1S/C10H14ClNOS/c1-7(5-13)6-14-10-8(11)3-2-4-9(10)12/h2-4,7,13H,5-6,12H2,1H3. The van der Waals surface area contributed by atoms with E-state index in [0.717, 1.165) is 10.6 Å². The first-order chi connectivity index (χ1) is 6.65. The van der Waals surface area contributed by atoms with Gasteiger partial charge in [0.1, 0.15) is 0 Å². The van der Waals surface area contributed by atoms with Crippen molar-refractivity contribution < 1.29 is 5.11 Å². The van der Waals surface area contributed by atoms with Crippen LogP contribution in [-0.2, 0) is 0 Å². The van der Waals surface area contributed by atoms with Crippen LogP contribution < -0.4 is 5.73 Å². The maximum absolute atomic E-state index is 8.87. The third-order valence-corrected chi connectivity index (χ3v) is 3.73. The van der Waals surface area contributed by atoms with Gasteiger partial charge in [-0.15, -0.1) is 11.8 Å². The molecule has 0 aliphatic heterocycles. The molecular weight excluding hydrogens is 218 g/mol. The van der Waals surface area contributed by atoms with Crippen LogP contribution in [0.3, 0.4) is 0 Å². The molecule has 0 radical (unpaired) electrons. The lowest BCUT2D eigenvalue weighted by molar-refractivity contribution is 0.250. The zero-order valence-corrected chi connectivity index (χ0v) is 9.61. The Labute approximate surface area is 93.5 Å². The number of rotatable bonds is 4. The lowest BCUT2D eigenvalue weighted by Gasteiger charge is -2.10. The summed E-state index contributed by atoms with van der Waals surface area (Å²) in [5.41, 5.74) is 6.48. The van der Waals surface area contributed by atoms with E-state index in [2.05, 4.69) is 0 Å². The van der Waals surface area contributed by atoms with Crippen molar-refractivity contribution in [1.82, 2.24) is 0 Å². The van der Waals surface area contributed by atoms with Crippen molar-refractivity contribution in [3.8, 4) is 0 Å². The third kappa shape index (κ3) is 3.08. The van der Waals surface area contributed by atoms with E-state index in [0.29, 0.717) is 10.7 Å². The predicted octanol–water partition coefficient (Wildman–Crippen LogP) is 2.64. The Kier molecular flexibility index (Phi) is 4.58. The third-order valence-electron chi connectivity index (χ3n) is 1.82. The van der Waals surface area contributed by atoms with Gasteiger partial charge in [-0.1, -0.05) is 24.6 Å². The first-order valence-corrected chi connectivity index (χ1v) is 5.79. The molecule has 0 spiro atoms. The summed E-state index contributed by atoms with van der Waals surface area (Å²) in [7, 11) is 0. The number of aliphatic hydroxyl groups excluding tert-OH is 1. The molecule has 0 aliphatic carbocycles. The first-order valence-electron chi connectivity index (χ1n) is 4.42. The molecule has 1 atom stereocenters. The molecule has 4 heteroatoms. The molecule has 0 amide bonds. The topological polar surface area (TPSA) is 46.2 Å². The Bertz CT molecular complexity index is 286. The summed E-state index contributed by atoms with van der Waals surface area (Å²) in [5.74, 6) is 1.08. The molecular formula is C10H14ClNOS. The van der Waals surface area contributed by atoms with Crippen LogP contribution in [0.5, 0.6) is 0 Å². The number of nitrogen functional groups attached to an aromatic ring is 1. The van der Waals surface area contributed by atoms with Crippen molar-refractivity contribution in [2.45, 2.75) is 11.8 Å². The smallest absolute Gasteiger partial charge is 0.0562 e. The second-order valence-electron chi connectivity index (χ2n) is 3.26. The highest BCUT2D eigenvalue weighted by Crippen LogP contribution is 2.33. The number of aliphatic hydroxyl groups is 1. The quantitative estimate of drug-likeness (QED) is 0.619. The lowest BCUT2D eigenvalue weighted by Crippen LogP contribution is -2.03. The second-order valence-corrected chi connectivity index (χ2v) is 4.69. The molecule has 78 valence electrons. The molecule has 0 fully saturated rings. The number of hydrogen-bond donors (Lipinski definition) is 2. The minimum absolute atomic E-state index is 0.192. The molecule has 1 unspecified atom stereocenters. The average molecular weight is 232 g/mol. The largest absolute Gasteiger partial charge is 0.398 e. The fraction of sp³-hybridized carbons (Fsp3) is 0.400. The van der Waals surface area contributed by atoms with E-state index in [1.165, 1.54) is 0 Å². The molecule has 1 aromatic rings. The molecule has 0 aliphatic rings. The fourth-order valence-electron chi connectivity index (χ4n) is 0.956. The van der Waals surface area contributed by atoms with Crippen LogP contribution in [0, 0.1) is 5.92 Å². The minimum atomic E-state index is 0.192.